The predicted octanol–water partition coefficient (Wildman–Crippen LogP) is 3.11. The molecule has 3 rings (SSSR count). The molecule has 0 amide bonds. The highest BCUT2D eigenvalue weighted by Gasteiger charge is 2.20. The molecule has 0 aliphatic carbocycles. The van der Waals surface area contributed by atoms with E-state index in [1.54, 1.807) is 24.3 Å². The predicted molar refractivity (Wildman–Crippen MR) is 109 cm³/mol. The van der Waals surface area contributed by atoms with Crippen LogP contribution in [0.2, 0.25) is 0 Å². The molecular weight excluding hydrogens is 408 g/mol. The van der Waals surface area contributed by atoms with Crippen LogP contribution in [0.25, 0.3) is 11.1 Å². The molecule has 0 bridgehead atoms. The minimum Gasteiger partial charge on any atom is -0.497 e. The molecule has 10 nitrogen and oxygen atoms in total. The number of methoxy groups -OCH3 is 1. The number of rotatable bonds is 9. The fraction of sp³-hybridized carbons (Fsp3) is 0.286. The van der Waals surface area contributed by atoms with Crippen molar-refractivity contribution in [2.75, 3.05) is 7.11 Å². The van der Waals surface area contributed by atoms with Crippen molar-refractivity contribution < 1.29 is 28.4 Å². The van der Waals surface area contributed by atoms with E-state index in [1.165, 1.54) is 36.8 Å². The van der Waals surface area contributed by atoms with Crippen molar-refractivity contribution in [2.45, 2.75) is 32.4 Å². The van der Waals surface area contributed by atoms with Crippen LogP contribution < -0.4 is 10.5 Å². The lowest BCUT2D eigenvalue weighted by Crippen LogP contribution is -2.24. The van der Waals surface area contributed by atoms with Crippen LogP contribution in [-0.2, 0) is 16.1 Å². The first-order valence-corrected chi connectivity index (χ1v) is 9.45. The zero-order valence-corrected chi connectivity index (χ0v) is 16.9. The van der Waals surface area contributed by atoms with Gasteiger partial charge in [-0.3, -0.25) is 24.3 Å². The van der Waals surface area contributed by atoms with Crippen LogP contribution in [0.15, 0.2) is 51.7 Å². The number of Topliss-reactive ketones (excluding diaryl/α,β-unsaturated/α-hetero) is 1. The van der Waals surface area contributed by atoms with Gasteiger partial charge in [-0.2, -0.15) is 0 Å². The first-order chi connectivity index (χ1) is 14.8. The number of carbonyl (C=O) groups is 2. The van der Waals surface area contributed by atoms with E-state index in [2.05, 4.69) is 0 Å². The maximum atomic E-state index is 12.4. The number of ether oxygens (including phenoxy) is 2. The number of aryl methyl sites for hydroxylation is 1. The fourth-order valence-corrected chi connectivity index (χ4v) is 3.06. The number of carbonyl (C=O) groups excluding carboxylic acids is 2. The van der Waals surface area contributed by atoms with Crippen molar-refractivity contribution in [3.05, 3.63) is 68.7 Å². The average molecular weight is 428 g/mol. The zero-order valence-electron chi connectivity index (χ0n) is 16.9. The molecule has 0 saturated heterocycles. The molecule has 1 unspecified atom stereocenters. The summed E-state index contributed by atoms with van der Waals surface area (Å²) in [6.07, 6.45) is -0.723. The van der Waals surface area contributed by atoms with Gasteiger partial charge in [-0.05, 0) is 43.7 Å². The largest absolute Gasteiger partial charge is 0.497 e. The highest BCUT2D eigenvalue weighted by atomic mass is 16.6. The summed E-state index contributed by atoms with van der Waals surface area (Å²) in [5.41, 5.74) is 0.701. The summed E-state index contributed by atoms with van der Waals surface area (Å²) in [6, 6.07) is 10.3. The van der Waals surface area contributed by atoms with Crippen LogP contribution >= 0.6 is 0 Å². The summed E-state index contributed by atoms with van der Waals surface area (Å²) in [6.45, 7) is 1.64. The van der Waals surface area contributed by atoms with Gasteiger partial charge in [-0.1, -0.05) is 0 Å². The molecule has 0 aliphatic heterocycles. The molecule has 0 spiro atoms. The Kier molecular flexibility index (Phi) is 6.49. The number of hydrogen-bond acceptors (Lipinski definition) is 8. The fourth-order valence-electron chi connectivity index (χ4n) is 3.06. The Morgan fingerprint density at radius 3 is 2.55 bits per heavy atom. The Bertz CT molecular complexity index is 1180. The number of benzene rings is 2. The SMILES string of the molecule is COc1ccc(C(=O)C(C)OC(=O)CCCn2c(=O)oc3cc([N+](=O)[O-])ccc32)cc1. The molecule has 31 heavy (non-hydrogen) atoms. The lowest BCUT2D eigenvalue weighted by Gasteiger charge is -2.12. The van der Waals surface area contributed by atoms with E-state index in [1.807, 2.05) is 0 Å². The average Bonchev–Trinajstić information content (AvgIpc) is 3.07. The third-order valence-electron chi connectivity index (χ3n) is 4.68. The summed E-state index contributed by atoms with van der Waals surface area (Å²) in [5.74, 6) is -0.981. The molecule has 1 atom stereocenters. The number of oxazole rings is 1. The first-order valence-electron chi connectivity index (χ1n) is 9.45. The topological polar surface area (TPSA) is 131 Å². The summed E-state index contributed by atoms with van der Waals surface area (Å²) >= 11 is 0. The lowest BCUT2D eigenvalue weighted by molar-refractivity contribution is -0.384. The number of ketones is 1. The molecule has 3 aromatic rings. The smallest absolute Gasteiger partial charge is 0.419 e. The molecule has 0 fully saturated rings. The van der Waals surface area contributed by atoms with Gasteiger partial charge >= 0.3 is 11.7 Å². The van der Waals surface area contributed by atoms with E-state index in [9.17, 15) is 24.5 Å². The summed E-state index contributed by atoms with van der Waals surface area (Å²) in [5, 5.41) is 10.8. The Morgan fingerprint density at radius 1 is 1.19 bits per heavy atom. The van der Waals surface area contributed by atoms with Crippen LogP contribution in [0.1, 0.15) is 30.1 Å². The summed E-state index contributed by atoms with van der Waals surface area (Å²) < 4.78 is 16.6. The van der Waals surface area contributed by atoms with Gasteiger partial charge in [0.1, 0.15) is 5.75 Å². The quantitative estimate of drug-likeness (QED) is 0.220. The third-order valence-corrected chi connectivity index (χ3v) is 4.68. The number of nitrogens with zero attached hydrogens (tertiary/aromatic N) is 2. The summed E-state index contributed by atoms with van der Waals surface area (Å²) in [7, 11) is 1.52. The van der Waals surface area contributed by atoms with Gasteiger partial charge in [0, 0.05) is 24.6 Å². The van der Waals surface area contributed by atoms with Gasteiger partial charge in [0.2, 0.25) is 5.78 Å². The molecular formula is C21H20N2O8. The van der Waals surface area contributed by atoms with Crippen LogP contribution in [0.3, 0.4) is 0 Å². The maximum absolute atomic E-state index is 12.4. The maximum Gasteiger partial charge on any atom is 0.419 e. The van der Waals surface area contributed by atoms with Crippen LogP contribution in [0.5, 0.6) is 5.75 Å². The van der Waals surface area contributed by atoms with E-state index in [0.717, 1.165) is 0 Å². The van der Waals surface area contributed by atoms with E-state index >= 15 is 0 Å². The van der Waals surface area contributed by atoms with Gasteiger partial charge in [0.25, 0.3) is 5.69 Å². The monoisotopic (exact) mass is 428 g/mol. The van der Waals surface area contributed by atoms with Crippen molar-refractivity contribution in [3.8, 4) is 5.75 Å². The second-order valence-corrected chi connectivity index (χ2v) is 6.76. The highest BCUT2D eigenvalue weighted by Crippen LogP contribution is 2.20. The number of fused-ring (bicyclic) bond motifs is 1. The van der Waals surface area contributed by atoms with Crippen molar-refractivity contribution in [1.82, 2.24) is 4.57 Å². The van der Waals surface area contributed by atoms with Crippen molar-refractivity contribution in [3.63, 3.8) is 0 Å². The van der Waals surface area contributed by atoms with E-state index in [0.29, 0.717) is 16.8 Å². The van der Waals surface area contributed by atoms with Crippen molar-refractivity contribution in [1.29, 1.82) is 0 Å². The molecule has 0 radical (unpaired) electrons. The number of non-ortho nitro benzene ring substituents is 1. The highest BCUT2D eigenvalue weighted by molar-refractivity contribution is 6.00. The molecule has 1 aromatic heterocycles. The Morgan fingerprint density at radius 2 is 1.90 bits per heavy atom. The number of hydrogen-bond donors (Lipinski definition) is 0. The van der Waals surface area contributed by atoms with Crippen molar-refractivity contribution in [2.24, 2.45) is 0 Å². The van der Waals surface area contributed by atoms with Crippen molar-refractivity contribution >= 4 is 28.5 Å². The van der Waals surface area contributed by atoms with E-state index < -0.39 is 22.8 Å². The molecule has 162 valence electrons. The number of aromatic nitrogens is 1. The normalized spacial score (nSPS) is 11.8. The molecule has 10 heteroatoms. The Balaban J connectivity index is 1.56. The number of esters is 1. The van der Waals surface area contributed by atoms with E-state index in [-0.39, 0.29) is 36.4 Å². The van der Waals surface area contributed by atoms with Gasteiger partial charge in [-0.25, -0.2) is 4.79 Å². The zero-order chi connectivity index (χ0) is 22.5. The first kappa shape index (κ1) is 21.8. The van der Waals surface area contributed by atoms with Crippen LogP contribution in [0.4, 0.5) is 5.69 Å². The minimum atomic E-state index is -0.959. The second kappa shape index (κ2) is 9.24. The lowest BCUT2D eigenvalue weighted by atomic mass is 10.1. The second-order valence-electron chi connectivity index (χ2n) is 6.76. The van der Waals surface area contributed by atoms with Crippen LogP contribution in [-0.4, -0.2) is 34.5 Å². The molecule has 0 N–H and O–H groups in total. The van der Waals surface area contributed by atoms with Gasteiger partial charge in [0.15, 0.2) is 11.7 Å². The Hall–Kier alpha value is -3.95. The molecule has 0 aliphatic rings. The molecule has 0 saturated carbocycles. The third kappa shape index (κ3) is 4.97. The van der Waals surface area contributed by atoms with Crippen LogP contribution in [0, 0.1) is 10.1 Å². The van der Waals surface area contributed by atoms with E-state index in [4.69, 9.17) is 13.9 Å². The standard InChI is InChI=1S/C21H20N2O8/c1-13(20(25)14-5-8-16(29-2)9-6-14)30-19(24)4-3-11-22-17-10-7-15(23(27)28)12-18(17)31-21(22)26/h5-10,12-13H,3-4,11H2,1-2H3. The summed E-state index contributed by atoms with van der Waals surface area (Å²) in [4.78, 5) is 46.8. The van der Waals surface area contributed by atoms with Gasteiger partial charge < -0.3 is 13.9 Å². The number of nitro groups is 1. The molecule has 2 aromatic carbocycles. The minimum absolute atomic E-state index is 0.0215. The van der Waals surface area contributed by atoms with Gasteiger partial charge in [-0.15, -0.1) is 0 Å². The van der Waals surface area contributed by atoms with Gasteiger partial charge in [0.05, 0.1) is 23.6 Å². The molecule has 1 heterocycles. The Labute approximate surface area is 176 Å². The number of nitro benzene ring substituents is 1.